The SMILES string of the molecule is CC[C@H](C(=O)Nc1ccc2nc(NC(C)=O)sc2c1)N1C(=O)COc2ccccc21. The number of aromatic nitrogens is 1. The quantitative estimate of drug-likeness (QED) is 0.654. The number of nitrogens with one attached hydrogen (secondary N) is 2. The minimum atomic E-state index is -0.672. The highest BCUT2D eigenvalue weighted by Crippen LogP contribution is 2.34. The molecule has 2 heterocycles. The molecule has 3 amide bonds. The second kappa shape index (κ2) is 8.11. The van der Waals surface area contributed by atoms with Crippen molar-refractivity contribution < 1.29 is 19.1 Å². The van der Waals surface area contributed by atoms with Crippen molar-refractivity contribution in [1.82, 2.24) is 4.98 Å². The lowest BCUT2D eigenvalue weighted by molar-refractivity contribution is -0.125. The van der Waals surface area contributed by atoms with Crippen LogP contribution in [-0.2, 0) is 14.4 Å². The number of para-hydroxylation sites is 2. The first-order valence-corrected chi connectivity index (χ1v) is 10.3. The number of hydrogen-bond acceptors (Lipinski definition) is 6. The van der Waals surface area contributed by atoms with Gasteiger partial charge in [-0.15, -0.1) is 0 Å². The number of hydrogen-bond donors (Lipinski definition) is 2. The van der Waals surface area contributed by atoms with Crippen molar-refractivity contribution in [2.75, 3.05) is 22.1 Å². The smallest absolute Gasteiger partial charge is 0.265 e. The van der Waals surface area contributed by atoms with Gasteiger partial charge in [0.15, 0.2) is 11.7 Å². The van der Waals surface area contributed by atoms with E-state index in [1.807, 2.05) is 19.1 Å². The Morgan fingerprint density at radius 3 is 2.80 bits per heavy atom. The Labute approximate surface area is 176 Å². The van der Waals surface area contributed by atoms with Gasteiger partial charge in [0.1, 0.15) is 11.8 Å². The Hall–Kier alpha value is -3.46. The van der Waals surface area contributed by atoms with Crippen LogP contribution in [-0.4, -0.2) is 35.4 Å². The summed E-state index contributed by atoms with van der Waals surface area (Å²) in [4.78, 5) is 42.7. The van der Waals surface area contributed by atoms with Crippen LogP contribution in [0.3, 0.4) is 0 Å². The van der Waals surface area contributed by atoms with Gasteiger partial charge in [-0.2, -0.15) is 0 Å². The summed E-state index contributed by atoms with van der Waals surface area (Å²) in [7, 11) is 0. The van der Waals surface area contributed by atoms with E-state index >= 15 is 0 Å². The third-order valence-electron chi connectivity index (χ3n) is 4.68. The molecule has 0 saturated heterocycles. The summed E-state index contributed by atoms with van der Waals surface area (Å²) in [6, 6.07) is 11.9. The third-order valence-corrected chi connectivity index (χ3v) is 5.62. The van der Waals surface area contributed by atoms with Crippen LogP contribution < -0.4 is 20.3 Å². The second-order valence-electron chi connectivity index (χ2n) is 6.82. The second-order valence-corrected chi connectivity index (χ2v) is 7.85. The fraction of sp³-hybridized carbons (Fsp3) is 0.238. The molecule has 0 bridgehead atoms. The topological polar surface area (TPSA) is 101 Å². The van der Waals surface area contributed by atoms with Crippen molar-refractivity contribution in [3.8, 4) is 5.75 Å². The zero-order valence-electron chi connectivity index (χ0n) is 16.5. The molecule has 1 aliphatic heterocycles. The summed E-state index contributed by atoms with van der Waals surface area (Å²) in [6.07, 6.45) is 0.446. The molecule has 4 rings (SSSR count). The summed E-state index contributed by atoms with van der Waals surface area (Å²) in [5, 5.41) is 6.07. The maximum absolute atomic E-state index is 13.1. The molecule has 0 spiro atoms. The van der Waals surface area contributed by atoms with E-state index < -0.39 is 6.04 Å². The molecule has 154 valence electrons. The molecule has 0 radical (unpaired) electrons. The predicted molar refractivity (Wildman–Crippen MR) is 116 cm³/mol. The Bertz CT molecular complexity index is 1140. The number of carbonyl (C=O) groups is 3. The Morgan fingerprint density at radius 2 is 2.03 bits per heavy atom. The Balaban J connectivity index is 1.58. The van der Waals surface area contributed by atoms with Gasteiger partial charge in [-0.1, -0.05) is 30.4 Å². The molecule has 30 heavy (non-hydrogen) atoms. The van der Waals surface area contributed by atoms with Crippen molar-refractivity contribution in [2.24, 2.45) is 0 Å². The molecular formula is C21H20N4O4S. The molecule has 3 aromatic rings. The van der Waals surface area contributed by atoms with Crippen LogP contribution >= 0.6 is 11.3 Å². The summed E-state index contributed by atoms with van der Waals surface area (Å²) >= 11 is 1.32. The molecule has 1 aliphatic rings. The van der Waals surface area contributed by atoms with Crippen molar-refractivity contribution >= 4 is 55.8 Å². The van der Waals surface area contributed by atoms with E-state index in [1.165, 1.54) is 23.2 Å². The highest BCUT2D eigenvalue weighted by molar-refractivity contribution is 7.22. The summed E-state index contributed by atoms with van der Waals surface area (Å²) in [6.45, 7) is 3.19. The maximum Gasteiger partial charge on any atom is 0.265 e. The minimum absolute atomic E-state index is 0.0977. The lowest BCUT2D eigenvalue weighted by Gasteiger charge is -2.34. The van der Waals surface area contributed by atoms with Gasteiger partial charge in [-0.25, -0.2) is 4.98 Å². The van der Waals surface area contributed by atoms with E-state index in [1.54, 1.807) is 30.3 Å². The predicted octanol–water partition coefficient (Wildman–Crippen LogP) is 3.40. The number of rotatable bonds is 5. The van der Waals surface area contributed by atoms with E-state index in [9.17, 15) is 14.4 Å². The van der Waals surface area contributed by atoms with Crippen molar-refractivity contribution in [3.05, 3.63) is 42.5 Å². The molecule has 9 heteroatoms. The van der Waals surface area contributed by atoms with Crippen LogP contribution in [0, 0.1) is 0 Å². The number of thiazole rings is 1. The van der Waals surface area contributed by atoms with Crippen molar-refractivity contribution in [3.63, 3.8) is 0 Å². The molecular weight excluding hydrogens is 404 g/mol. The molecule has 0 saturated carbocycles. The van der Waals surface area contributed by atoms with Gasteiger partial charge in [-0.3, -0.25) is 19.3 Å². The van der Waals surface area contributed by atoms with Gasteiger partial charge in [0.05, 0.1) is 15.9 Å². The molecule has 2 aromatic carbocycles. The average Bonchev–Trinajstić information content (AvgIpc) is 3.11. The molecule has 1 atom stereocenters. The number of nitrogens with zero attached hydrogens (tertiary/aromatic N) is 2. The van der Waals surface area contributed by atoms with Crippen LogP contribution in [0.25, 0.3) is 10.2 Å². The molecule has 8 nitrogen and oxygen atoms in total. The highest BCUT2D eigenvalue weighted by atomic mass is 32.1. The van der Waals surface area contributed by atoms with Crippen LogP contribution in [0.2, 0.25) is 0 Å². The molecule has 1 aromatic heterocycles. The third kappa shape index (κ3) is 3.84. The van der Waals surface area contributed by atoms with Gasteiger partial charge >= 0.3 is 0 Å². The first-order chi connectivity index (χ1) is 14.5. The van der Waals surface area contributed by atoms with Gasteiger partial charge in [0.25, 0.3) is 5.91 Å². The van der Waals surface area contributed by atoms with E-state index in [2.05, 4.69) is 15.6 Å². The fourth-order valence-electron chi connectivity index (χ4n) is 3.38. The summed E-state index contributed by atoms with van der Waals surface area (Å²) in [5.74, 6) is -0.147. The summed E-state index contributed by atoms with van der Waals surface area (Å²) < 4.78 is 6.31. The lowest BCUT2D eigenvalue weighted by atomic mass is 10.1. The number of ether oxygens (including phenoxy) is 1. The summed E-state index contributed by atoms with van der Waals surface area (Å²) in [5.41, 5.74) is 1.91. The molecule has 0 aliphatic carbocycles. The van der Waals surface area contributed by atoms with Crippen LogP contribution in [0.4, 0.5) is 16.5 Å². The first-order valence-electron chi connectivity index (χ1n) is 9.49. The Morgan fingerprint density at radius 1 is 1.23 bits per heavy atom. The van der Waals surface area contributed by atoms with Gasteiger partial charge < -0.3 is 15.4 Å². The van der Waals surface area contributed by atoms with Gasteiger partial charge in [-0.05, 0) is 36.8 Å². The number of anilines is 3. The highest BCUT2D eigenvalue weighted by Gasteiger charge is 2.34. The maximum atomic E-state index is 13.1. The van der Waals surface area contributed by atoms with E-state index in [0.29, 0.717) is 28.7 Å². The first kappa shape index (κ1) is 19.8. The number of amides is 3. The van der Waals surface area contributed by atoms with Crippen LogP contribution in [0.15, 0.2) is 42.5 Å². The average molecular weight is 424 g/mol. The number of carbonyl (C=O) groups excluding carboxylic acids is 3. The van der Waals surface area contributed by atoms with E-state index in [0.717, 1.165) is 10.2 Å². The Kier molecular flexibility index (Phi) is 5.37. The van der Waals surface area contributed by atoms with E-state index in [-0.39, 0.29) is 24.3 Å². The van der Waals surface area contributed by atoms with Gasteiger partial charge in [0.2, 0.25) is 11.8 Å². The zero-order valence-corrected chi connectivity index (χ0v) is 17.3. The van der Waals surface area contributed by atoms with Crippen LogP contribution in [0.1, 0.15) is 20.3 Å². The van der Waals surface area contributed by atoms with Crippen molar-refractivity contribution in [1.29, 1.82) is 0 Å². The minimum Gasteiger partial charge on any atom is -0.482 e. The molecule has 0 fully saturated rings. The largest absolute Gasteiger partial charge is 0.482 e. The van der Waals surface area contributed by atoms with Crippen molar-refractivity contribution in [2.45, 2.75) is 26.3 Å². The number of benzene rings is 2. The zero-order chi connectivity index (χ0) is 21.3. The molecule has 0 unspecified atom stereocenters. The normalized spacial score (nSPS) is 14.1. The number of fused-ring (bicyclic) bond motifs is 2. The standard InChI is InChI=1S/C21H20N4O4S/c1-3-15(25-16-6-4-5-7-17(16)29-11-19(25)27)20(28)23-13-8-9-14-18(10-13)30-21(24-14)22-12(2)26/h4-10,15H,3,11H2,1-2H3,(H,23,28)(H,22,24,26)/t15-/m1/s1. The molecule has 2 N–H and O–H groups in total. The monoisotopic (exact) mass is 424 g/mol. The fourth-order valence-corrected chi connectivity index (χ4v) is 4.33. The lowest BCUT2D eigenvalue weighted by Crippen LogP contribution is -2.50. The van der Waals surface area contributed by atoms with Crippen LogP contribution in [0.5, 0.6) is 5.75 Å². The van der Waals surface area contributed by atoms with E-state index in [4.69, 9.17) is 4.74 Å². The van der Waals surface area contributed by atoms with Gasteiger partial charge in [0, 0.05) is 12.6 Å².